The van der Waals surface area contributed by atoms with Crippen molar-refractivity contribution in [1.82, 2.24) is 0 Å². The van der Waals surface area contributed by atoms with Gasteiger partial charge in [-0.2, -0.15) is 0 Å². The van der Waals surface area contributed by atoms with E-state index in [9.17, 15) is 15.3 Å². The van der Waals surface area contributed by atoms with Crippen LogP contribution < -0.4 is 9.47 Å². The first-order chi connectivity index (χ1) is 11.5. The van der Waals surface area contributed by atoms with Crippen molar-refractivity contribution in [2.75, 3.05) is 6.61 Å². The molecule has 24 heavy (non-hydrogen) atoms. The summed E-state index contributed by atoms with van der Waals surface area (Å²) in [7, 11) is 0. The number of benzene rings is 2. The van der Waals surface area contributed by atoms with Crippen LogP contribution in [-0.2, 0) is 6.42 Å². The van der Waals surface area contributed by atoms with Crippen molar-refractivity contribution in [2.45, 2.75) is 19.4 Å². The fourth-order valence-electron chi connectivity index (χ4n) is 2.99. The topological polar surface area (TPSA) is 79.2 Å². The van der Waals surface area contributed by atoms with Crippen molar-refractivity contribution < 1.29 is 24.8 Å². The maximum Gasteiger partial charge on any atom is 0.161 e. The second-order valence-corrected chi connectivity index (χ2v) is 5.99. The van der Waals surface area contributed by atoms with Crippen LogP contribution >= 0.6 is 0 Å². The Hall–Kier alpha value is -2.82. The monoisotopic (exact) mass is 328 g/mol. The van der Waals surface area contributed by atoms with Gasteiger partial charge in [0.15, 0.2) is 11.5 Å². The summed E-state index contributed by atoms with van der Waals surface area (Å²) >= 11 is 0. The first kappa shape index (κ1) is 16.1. The molecule has 1 aliphatic rings. The van der Waals surface area contributed by atoms with E-state index in [0.29, 0.717) is 30.1 Å². The number of phenolic OH excluding ortho intramolecular Hbond substituents is 3. The highest BCUT2D eigenvalue weighted by Crippen LogP contribution is 2.45. The molecule has 5 nitrogen and oxygen atoms in total. The second kappa shape index (κ2) is 6.35. The molecule has 0 amide bonds. The molecular weight excluding hydrogens is 308 g/mol. The highest BCUT2D eigenvalue weighted by atomic mass is 16.5. The van der Waals surface area contributed by atoms with Gasteiger partial charge in [0.25, 0.3) is 0 Å². The lowest BCUT2D eigenvalue weighted by molar-refractivity contribution is 0.121. The SMILES string of the molecule is C=CCOc1ccc(C2Oc3cc(O)cc(O)c3CC2C)cc1O. The molecule has 1 heterocycles. The minimum Gasteiger partial charge on any atom is -0.508 e. The van der Waals surface area contributed by atoms with Crippen LogP contribution in [0.25, 0.3) is 0 Å². The molecule has 2 aromatic rings. The maximum absolute atomic E-state index is 10.1. The zero-order valence-electron chi connectivity index (χ0n) is 13.4. The molecule has 3 N–H and O–H groups in total. The van der Waals surface area contributed by atoms with E-state index in [-0.39, 0.29) is 29.3 Å². The highest BCUT2D eigenvalue weighted by Gasteiger charge is 2.31. The molecule has 3 rings (SSSR count). The Balaban J connectivity index is 1.89. The Morgan fingerprint density at radius 2 is 2.00 bits per heavy atom. The van der Waals surface area contributed by atoms with E-state index in [1.807, 2.05) is 13.0 Å². The Bertz CT molecular complexity index is 769. The fraction of sp³-hybridized carbons (Fsp3) is 0.263. The molecule has 0 aromatic heterocycles. The minimum atomic E-state index is -0.293. The predicted molar refractivity (Wildman–Crippen MR) is 89.8 cm³/mol. The minimum absolute atomic E-state index is 0.0336. The van der Waals surface area contributed by atoms with Crippen LogP contribution in [0.15, 0.2) is 43.0 Å². The zero-order chi connectivity index (χ0) is 17.3. The van der Waals surface area contributed by atoms with Crippen molar-refractivity contribution in [1.29, 1.82) is 0 Å². The molecule has 0 aliphatic carbocycles. The van der Waals surface area contributed by atoms with Crippen LogP contribution in [0.3, 0.4) is 0 Å². The third-order valence-electron chi connectivity index (χ3n) is 4.14. The summed E-state index contributed by atoms with van der Waals surface area (Å²) in [5.41, 5.74) is 1.49. The van der Waals surface area contributed by atoms with E-state index in [4.69, 9.17) is 9.47 Å². The van der Waals surface area contributed by atoms with Crippen LogP contribution in [0.5, 0.6) is 28.7 Å². The van der Waals surface area contributed by atoms with Gasteiger partial charge in [-0.3, -0.25) is 0 Å². The first-order valence-electron chi connectivity index (χ1n) is 7.77. The van der Waals surface area contributed by atoms with Crippen LogP contribution in [-0.4, -0.2) is 21.9 Å². The van der Waals surface area contributed by atoms with Gasteiger partial charge in [0.2, 0.25) is 0 Å². The summed E-state index contributed by atoms with van der Waals surface area (Å²) in [5, 5.41) is 29.7. The molecule has 2 unspecified atom stereocenters. The van der Waals surface area contributed by atoms with Gasteiger partial charge in [-0.05, 0) is 24.1 Å². The number of fused-ring (bicyclic) bond motifs is 1. The van der Waals surface area contributed by atoms with Crippen LogP contribution in [0.2, 0.25) is 0 Å². The zero-order valence-corrected chi connectivity index (χ0v) is 13.4. The lowest BCUT2D eigenvalue weighted by Gasteiger charge is -2.32. The van der Waals surface area contributed by atoms with Crippen molar-refractivity contribution >= 4 is 0 Å². The molecule has 0 fully saturated rings. The molecule has 2 atom stereocenters. The standard InChI is InChI=1S/C19H20O5/c1-3-6-23-17-5-4-12(8-16(17)22)19-11(2)7-14-15(21)9-13(20)10-18(14)24-19/h3-5,8-11,19-22H,1,6-7H2,2H3. The van der Waals surface area contributed by atoms with Crippen molar-refractivity contribution in [3.8, 4) is 28.7 Å². The average Bonchev–Trinajstić information content (AvgIpc) is 2.54. The molecule has 0 spiro atoms. The predicted octanol–water partition coefficient (Wildman–Crippen LogP) is 3.68. The molecule has 0 bridgehead atoms. The van der Waals surface area contributed by atoms with Crippen molar-refractivity contribution in [3.05, 3.63) is 54.1 Å². The van der Waals surface area contributed by atoms with Crippen molar-refractivity contribution in [3.63, 3.8) is 0 Å². The first-order valence-corrected chi connectivity index (χ1v) is 7.77. The van der Waals surface area contributed by atoms with E-state index >= 15 is 0 Å². The largest absolute Gasteiger partial charge is 0.508 e. The number of ether oxygens (including phenoxy) is 2. The van der Waals surface area contributed by atoms with Crippen molar-refractivity contribution in [2.24, 2.45) is 5.92 Å². The van der Waals surface area contributed by atoms with Gasteiger partial charge >= 0.3 is 0 Å². The fourth-order valence-corrected chi connectivity index (χ4v) is 2.99. The summed E-state index contributed by atoms with van der Waals surface area (Å²) in [6, 6.07) is 7.96. The number of aromatic hydroxyl groups is 3. The number of hydrogen-bond donors (Lipinski definition) is 3. The summed E-state index contributed by atoms with van der Waals surface area (Å²) in [4.78, 5) is 0. The third-order valence-corrected chi connectivity index (χ3v) is 4.14. The molecule has 0 saturated heterocycles. The molecule has 0 saturated carbocycles. The Morgan fingerprint density at radius 1 is 1.21 bits per heavy atom. The normalized spacial score (nSPS) is 19.2. The van der Waals surface area contributed by atoms with Gasteiger partial charge < -0.3 is 24.8 Å². The summed E-state index contributed by atoms with van der Waals surface area (Å²) in [5.74, 6) is 0.962. The van der Waals surface area contributed by atoms with E-state index < -0.39 is 0 Å². The lowest BCUT2D eigenvalue weighted by Crippen LogP contribution is -2.23. The summed E-state index contributed by atoms with van der Waals surface area (Å²) in [6.45, 7) is 5.90. The lowest BCUT2D eigenvalue weighted by atomic mass is 9.87. The van der Waals surface area contributed by atoms with E-state index in [1.165, 1.54) is 12.1 Å². The Morgan fingerprint density at radius 3 is 2.71 bits per heavy atom. The molecule has 126 valence electrons. The summed E-state index contributed by atoms with van der Waals surface area (Å²) in [6.07, 6.45) is 1.93. The second-order valence-electron chi connectivity index (χ2n) is 5.99. The number of hydrogen-bond acceptors (Lipinski definition) is 5. The van der Waals surface area contributed by atoms with Gasteiger partial charge in [0, 0.05) is 23.6 Å². The maximum atomic E-state index is 10.1. The Kier molecular flexibility index (Phi) is 4.25. The van der Waals surface area contributed by atoms with Gasteiger partial charge in [-0.1, -0.05) is 25.6 Å². The number of rotatable bonds is 4. The smallest absolute Gasteiger partial charge is 0.161 e. The highest BCUT2D eigenvalue weighted by molar-refractivity contribution is 5.51. The van der Waals surface area contributed by atoms with E-state index in [2.05, 4.69) is 6.58 Å². The molecular formula is C19H20O5. The van der Waals surface area contributed by atoms with Crippen LogP contribution in [0.4, 0.5) is 0 Å². The van der Waals surface area contributed by atoms with E-state index in [0.717, 1.165) is 5.56 Å². The van der Waals surface area contributed by atoms with Gasteiger partial charge in [-0.15, -0.1) is 0 Å². The molecule has 5 heteroatoms. The molecule has 1 aliphatic heterocycles. The van der Waals surface area contributed by atoms with Gasteiger partial charge in [0.05, 0.1) is 0 Å². The van der Waals surface area contributed by atoms with Crippen LogP contribution in [0.1, 0.15) is 24.2 Å². The molecule has 0 radical (unpaired) electrons. The number of phenols is 3. The van der Waals surface area contributed by atoms with E-state index in [1.54, 1.807) is 18.2 Å². The van der Waals surface area contributed by atoms with Crippen LogP contribution in [0, 0.1) is 5.92 Å². The van der Waals surface area contributed by atoms with Gasteiger partial charge in [0.1, 0.15) is 30.0 Å². The summed E-state index contributed by atoms with van der Waals surface area (Å²) < 4.78 is 11.3. The quantitative estimate of drug-likeness (QED) is 0.746. The van der Waals surface area contributed by atoms with Gasteiger partial charge in [-0.25, -0.2) is 0 Å². The third kappa shape index (κ3) is 2.97. The molecule has 2 aromatic carbocycles. The Labute approximate surface area is 140 Å². The average molecular weight is 328 g/mol.